The molecule has 0 saturated heterocycles. The van der Waals surface area contributed by atoms with Gasteiger partial charge < -0.3 is 20.1 Å². The minimum absolute atomic E-state index is 0.0250. The third-order valence-corrected chi connectivity index (χ3v) is 6.07. The number of sulfonamides is 1. The Morgan fingerprint density at radius 3 is 2.21 bits per heavy atom. The van der Waals surface area contributed by atoms with Crippen molar-refractivity contribution < 1.29 is 27.5 Å². The number of thiocarbonyl (C=S) groups is 1. The van der Waals surface area contributed by atoms with Crippen molar-refractivity contribution in [2.75, 3.05) is 30.4 Å². The molecule has 0 saturated carbocycles. The quantitative estimate of drug-likeness (QED) is 0.262. The number of hydrogen-bond donors (Lipinski definition) is 3. The van der Waals surface area contributed by atoms with Crippen molar-refractivity contribution in [2.24, 2.45) is 0 Å². The maximum absolute atomic E-state index is 12.7. The van der Waals surface area contributed by atoms with E-state index in [9.17, 15) is 18.0 Å². The molecule has 33 heavy (non-hydrogen) atoms. The van der Waals surface area contributed by atoms with E-state index in [1.807, 2.05) is 32.0 Å². The van der Waals surface area contributed by atoms with Gasteiger partial charge in [0.15, 0.2) is 5.11 Å². The zero-order valence-corrected chi connectivity index (χ0v) is 20.3. The molecule has 0 fully saturated rings. The number of benzene rings is 2. The van der Waals surface area contributed by atoms with Crippen LogP contribution in [-0.2, 0) is 29.1 Å². The second-order valence-corrected chi connectivity index (χ2v) is 9.20. The number of carbonyl (C=O) groups is 2. The summed E-state index contributed by atoms with van der Waals surface area (Å²) in [5, 5.41) is 5.28. The Kier molecular flexibility index (Phi) is 9.76. The number of hydrogen-bond acceptors (Lipinski definition) is 7. The van der Waals surface area contributed by atoms with Crippen molar-refractivity contribution in [1.82, 2.24) is 5.32 Å². The van der Waals surface area contributed by atoms with Gasteiger partial charge in [-0.05, 0) is 61.5 Å². The summed E-state index contributed by atoms with van der Waals surface area (Å²) in [6.07, 6.45) is -0.174. The molecule has 0 heterocycles. The molecule has 0 bridgehead atoms. The van der Waals surface area contributed by atoms with Crippen molar-refractivity contribution in [1.29, 1.82) is 0 Å². The smallest absolute Gasteiger partial charge is 0.306 e. The number of para-hydroxylation sites is 1. The van der Waals surface area contributed by atoms with E-state index in [0.29, 0.717) is 11.4 Å². The number of anilines is 2. The lowest BCUT2D eigenvalue weighted by Crippen LogP contribution is -2.34. The number of aryl methyl sites for hydroxylation is 2. The lowest BCUT2D eigenvalue weighted by molar-refractivity contribution is -0.146. The average molecular weight is 494 g/mol. The molecule has 9 nitrogen and oxygen atoms in total. The first-order valence-corrected chi connectivity index (χ1v) is 12.0. The molecule has 1 amide bonds. The molecule has 0 unspecified atom stereocenters. The number of methoxy groups -OCH3 is 1. The first-order valence-electron chi connectivity index (χ1n) is 10.1. The van der Waals surface area contributed by atoms with Gasteiger partial charge in [0.2, 0.25) is 5.91 Å². The molecule has 0 aliphatic rings. The van der Waals surface area contributed by atoms with Crippen molar-refractivity contribution in [2.45, 2.75) is 31.6 Å². The highest BCUT2D eigenvalue weighted by Gasteiger charge is 2.17. The summed E-state index contributed by atoms with van der Waals surface area (Å²) in [6, 6.07) is 11.4. The second kappa shape index (κ2) is 12.3. The minimum atomic E-state index is -3.78. The number of rotatable bonds is 10. The molecule has 2 aromatic carbocycles. The fourth-order valence-corrected chi connectivity index (χ4v) is 4.20. The molecule has 0 aliphatic carbocycles. The van der Waals surface area contributed by atoms with Crippen LogP contribution in [0, 0.1) is 13.8 Å². The van der Waals surface area contributed by atoms with Crippen LogP contribution >= 0.6 is 12.2 Å². The van der Waals surface area contributed by atoms with E-state index in [1.165, 1.54) is 31.4 Å². The normalized spacial score (nSPS) is 10.9. The largest absolute Gasteiger partial charge is 0.463 e. The van der Waals surface area contributed by atoms with E-state index >= 15 is 0 Å². The molecule has 0 atom stereocenters. The Hall–Kier alpha value is -3.02. The molecule has 2 aromatic rings. The van der Waals surface area contributed by atoms with E-state index in [0.717, 1.165) is 11.1 Å². The minimum Gasteiger partial charge on any atom is -0.463 e. The zero-order chi connectivity index (χ0) is 24.4. The first kappa shape index (κ1) is 26.2. The van der Waals surface area contributed by atoms with Crippen molar-refractivity contribution >= 4 is 50.6 Å². The first-order chi connectivity index (χ1) is 15.6. The molecule has 0 aliphatic heterocycles. The maximum atomic E-state index is 12.7. The van der Waals surface area contributed by atoms with Gasteiger partial charge in [0, 0.05) is 19.2 Å². The summed E-state index contributed by atoms with van der Waals surface area (Å²) in [5.41, 5.74) is 2.68. The Bertz CT molecular complexity index is 1080. The highest BCUT2D eigenvalue weighted by atomic mass is 32.2. The van der Waals surface area contributed by atoms with E-state index < -0.39 is 21.9 Å². The van der Waals surface area contributed by atoms with E-state index in [4.69, 9.17) is 21.7 Å². The molecule has 3 N–H and O–H groups in total. The molecule has 0 spiro atoms. The molecule has 0 aromatic heterocycles. The SMILES string of the molecule is COCCOC(=O)CCC(=O)NC(=S)Nc1ccc(S(=O)(=O)Nc2c(C)cccc2C)cc1. The van der Waals surface area contributed by atoms with Crippen molar-refractivity contribution in [3.63, 3.8) is 0 Å². The van der Waals surface area contributed by atoms with Gasteiger partial charge in [-0.3, -0.25) is 14.3 Å². The molecule has 11 heteroatoms. The van der Waals surface area contributed by atoms with Gasteiger partial charge in [-0.2, -0.15) is 0 Å². The summed E-state index contributed by atoms with van der Waals surface area (Å²) < 4.78 is 37.7. The standard InChI is InChI=1S/C22H27N3O6S2/c1-15-5-4-6-16(2)21(15)25-33(28,29)18-9-7-17(8-10-18)23-22(32)24-19(26)11-12-20(27)31-14-13-30-3/h4-10,25H,11-14H2,1-3H3,(H2,23,24,26,32). The van der Waals surface area contributed by atoms with Crippen LogP contribution in [0.15, 0.2) is 47.4 Å². The fraction of sp³-hybridized carbons (Fsp3) is 0.318. The summed E-state index contributed by atoms with van der Waals surface area (Å²) in [7, 11) is -2.29. The number of nitrogens with one attached hydrogen (secondary N) is 3. The van der Waals surface area contributed by atoms with Crippen LogP contribution in [0.4, 0.5) is 11.4 Å². The third-order valence-electron chi connectivity index (χ3n) is 4.50. The number of esters is 1. The van der Waals surface area contributed by atoms with Crippen LogP contribution in [0.5, 0.6) is 0 Å². The van der Waals surface area contributed by atoms with Crippen LogP contribution in [0.25, 0.3) is 0 Å². The van der Waals surface area contributed by atoms with E-state index in [2.05, 4.69) is 15.4 Å². The number of amides is 1. The second-order valence-electron chi connectivity index (χ2n) is 7.11. The maximum Gasteiger partial charge on any atom is 0.306 e. The summed E-state index contributed by atoms with van der Waals surface area (Å²) in [4.78, 5) is 23.5. The zero-order valence-electron chi connectivity index (χ0n) is 18.6. The average Bonchev–Trinajstić information content (AvgIpc) is 2.75. The van der Waals surface area contributed by atoms with Crippen LogP contribution < -0.4 is 15.4 Å². The van der Waals surface area contributed by atoms with Crippen LogP contribution in [0.1, 0.15) is 24.0 Å². The molecule has 178 valence electrons. The summed E-state index contributed by atoms with van der Waals surface area (Å²) in [6.45, 7) is 4.07. The van der Waals surface area contributed by atoms with Gasteiger partial charge in [-0.15, -0.1) is 0 Å². The van der Waals surface area contributed by atoms with Crippen LogP contribution in [0.2, 0.25) is 0 Å². The monoisotopic (exact) mass is 493 g/mol. The van der Waals surface area contributed by atoms with Gasteiger partial charge in [0.05, 0.1) is 23.6 Å². The predicted octanol–water partition coefficient (Wildman–Crippen LogP) is 2.89. The Morgan fingerprint density at radius 1 is 0.970 bits per heavy atom. The number of carbonyl (C=O) groups excluding carboxylic acids is 2. The topological polar surface area (TPSA) is 123 Å². The summed E-state index contributed by atoms with van der Waals surface area (Å²) in [5.74, 6) is -0.958. The molecule has 0 radical (unpaired) electrons. The highest BCUT2D eigenvalue weighted by Crippen LogP contribution is 2.24. The van der Waals surface area contributed by atoms with E-state index in [-0.39, 0.29) is 36.1 Å². The highest BCUT2D eigenvalue weighted by molar-refractivity contribution is 7.92. The predicted molar refractivity (Wildman–Crippen MR) is 130 cm³/mol. The van der Waals surface area contributed by atoms with Gasteiger partial charge in [-0.25, -0.2) is 8.42 Å². The Balaban J connectivity index is 1.88. The molecular formula is C22H27N3O6S2. The van der Waals surface area contributed by atoms with Gasteiger partial charge in [0.25, 0.3) is 10.0 Å². The van der Waals surface area contributed by atoms with Crippen molar-refractivity contribution in [3.05, 3.63) is 53.6 Å². The lowest BCUT2D eigenvalue weighted by atomic mass is 10.1. The Morgan fingerprint density at radius 2 is 1.61 bits per heavy atom. The van der Waals surface area contributed by atoms with Gasteiger partial charge in [0.1, 0.15) is 6.61 Å². The third kappa shape index (κ3) is 8.44. The van der Waals surface area contributed by atoms with Gasteiger partial charge >= 0.3 is 5.97 Å². The Labute approximate surface area is 198 Å². The van der Waals surface area contributed by atoms with Gasteiger partial charge in [-0.1, -0.05) is 18.2 Å². The molecule has 2 rings (SSSR count). The lowest BCUT2D eigenvalue weighted by Gasteiger charge is -2.14. The summed E-state index contributed by atoms with van der Waals surface area (Å²) >= 11 is 5.09. The fourth-order valence-electron chi connectivity index (χ4n) is 2.76. The molecular weight excluding hydrogens is 466 g/mol. The van der Waals surface area contributed by atoms with Crippen LogP contribution in [0.3, 0.4) is 0 Å². The van der Waals surface area contributed by atoms with Crippen molar-refractivity contribution in [3.8, 4) is 0 Å². The van der Waals surface area contributed by atoms with E-state index in [1.54, 1.807) is 0 Å². The van der Waals surface area contributed by atoms with Crippen LogP contribution in [-0.4, -0.2) is 45.7 Å². The number of ether oxygens (including phenoxy) is 2.